The van der Waals surface area contributed by atoms with E-state index in [4.69, 9.17) is 0 Å². The number of carbonyl (C=O) groups excluding carboxylic acids is 1. The monoisotopic (exact) mass is 329 g/mol. The summed E-state index contributed by atoms with van der Waals surface area (Å²) in [6.07, 6.45) is 2.74. The molecule has 2 fully saturated rings. The fourth-order valence-electron chi connectivity index (χ4n) is 3.22. The smallest absolute Gasteiger partial charge is 0.143 e. The van der Waals surface area contributed by atoms with Crippen LogP contribution < -0.4 is 5.32 Å². The quantitative estimate of drug-likeness (QED) is 0.864. The van der Waals surface area contributed by atoms with Gasteiger partial charge < -0.3 is 5.32 Å². The summed E-state index contributed by atoms with van der Waals surface area (Å²) < 4.78 is 27.7. The average Bonchev–Trinajstić information content (AvgIpc) is 3.01. The average molecular weight is 330 g/mol. The van der Waals surface area contributed by atoms with Crippen molar-refractivity contribution < 1.29 is 13.6 Å². The predicted molar refractivity (Wildman–Crippen MR) is 70.8 cm³/mol. The SMILES string of the molecule is O=C(Cc1c(F)ccc(Br)c1F)C1CC2CCC1N2. The summed E-state index contributed by atoms with van der Waals surface area (Å²) in [5.74, 6) is -1.46. The zero-order valence-electron chi connectivity index (χ0n) is 10.3. The second-order valence-electron chi connectivity index (χ2n) is 5.35. The minimum atomic E-state index is -0.663. The Morgan fingerprint density at radius 2 is 2.16 bits per heavy atom. The molecule has 102 valence electrons. The van der Waals surface area contributed by atoms with Crippen molar-refractivity contribution in [2.75, 3.05) is 0 Å². The van der Waals surface area contributed by atoms with Gasteiger partial charge in [-0.15, -0.1) is 0 Å². The molecule has 0 aromatic heterocycles. The van der Waals surface area contributed by atoms with Gasteiger partial charge in [0.2, 0.25) is 0 Å². The van der Waals surface area contributed by atoms with E-state index in [9.17, 15) is 13.6 Å². The Kier molecular flexibility index (Phi) is 3.43. The molecule has 3 unspecified atom stereocenters. The Bertz CT molecular complexity index is 534. The van der Waals surface area contributed by atoms with Gasteiger partial charge in [0.25, 0.3) is 0 Å². The van der Waals surface area contributed by atoms with Crippen molar-refractivity contribution in [1.29, 1.82) is 0 Å². The summed E-state index contributed by atoms with van der Waals surface area (Å²) >= 11 is 3.02. The van der Waals surface area contributed by atoms with Crippen LogP contribution in [0.25, 0.3) is 0 Å². The van der Waals surface area contributed by atoms with Gasteiger partial charge in [-0.1, -0.05) is 0 Å². The number of Topliss-reactive ketones (excluding diaryl/α,β-unsaturated/α-hetero) is 1. The molecule has 2 aliphatic rings. The molecule has 2 heterocycles. The third kappa shape index (κ3) is 2.34. The Labute approximate surface area is 118 Å². The van der Waals surface area contributed by atoms with Crippen molar-refractivity contribution in [3.8, 4) is 0 Å². The van der Waals surface area contributed by atoms with Crippen molar-refractivity contribution in [3.63, 3.8) is 0 Å². The maximum absolute atomic E-state index is 13.8. The van der Waals surface area contributed by atoms with E-state index in [1.807, 2.05) is 0 Å². The van der Waals surface area contributed by atoms with E-state index in [2.05, 4.69) is 21.2 Å². The van der Waals surface area contributed by atoms with Crippen LogP contribution in [0.5, 0.6) is 0 Å². The van der Waals surface area contributed by atoms with Crippen LogP contribution in [-0.4, -0.2) is 17.9 Å². The van der Waals surface area contributed by atoms with Crippen LogP contribution in [0.4, 0.5) is 8.78 Å². The van der Waals surface area contributed by atoms with E-state index in [0.29, 0.717) is 6.04 Å². The predicted octanol–water partition coefficient (Wildman–Crippen LogP) is 2.98. The summed E-state index contributed by atoms with van der Waals surface area (Å²) in [5.41, 5.74) is -0.123. The van der Waals surface area contributed by atoms with E-state index < -0.39 is 11.6 Å². The summed E-state index contributed by atoms with van der Waals surface area (Å²) in [6.45, 7) is 0. The Morgan fingerprint density at radius 1 is 1.37 bits per heavy atom. The molecule has 2 bridgehead atoms. The molecular formula is C14H14BrF2NO. The fourth-order valence-corrected chi connectivity index (χ4v) is 3.59. The van der Waals surface area contributed by atoms with Crippen molar-refractivity contribution in [1.82, 2.24) is 5.32 Å². The van der Waals surface area contributed by atoms with Crippen LogP contribution in [0.15, 0.2) is 16.6 Å². The summed E-state index contributed by atoms with van der Waals surface area (Å²) in [5, 5.41) is 3.37. The molecule has 2 nitrogen and oxygen atoms in total. The van der Waals surface area contributed by atoms with Crippen molar-refractivity contribution >= 4 is 21.7 Å². The lowest BCUT2D eigenvalue weighted by atomic mass is 9.84. The van der Waals surface area contributed by atoms with Crippen LogP contribution in [-0.2, 0) is 11.2 Å². The minimum Gasteiger partial charge on any atom is -0.310 e. The molecule has 1 aromatic carbocycles. The molecule has 3 atom stereocenters. The van der Waals surface area contributed by atoms with Gasteiger partial charge in [0.05, 0.1) is 4.47 Å². The molecule has 3 rings (SSSR count). The molecule has 1 N–H and O–H groups in total. The van der Waals surface area contributed by atoms with E-state index in [0.717, 1.165) is 19.3 Å². The normalized spacial score (nSPS) is 28.9. The molecule has 0 spiro atoms. The molecule has 1 aromatic rings. The lowest BCUT2D eigenvalue weighted by Gasteiger charge is -2.19. The first-order valence-electron chi connectivity index (χ1n) is 6.47. The fraction of sp³-hybridized carbons (Fsp3) is 0.500. The number of ketones is 1. The Morgan fingerprint density at radius 3 is 2.79 bits per heavy atom. The lowest BCUT2D eigenvalue weighted by Crippen LogP contribution is -2.30. The van der Waals surface area contributed by atoms with Crippen LogP contribution in [0.3, 0.4) is 0 Å². The number of halogens is 3. The summed E-state index contributed by atoms with van der Waals surface area (Å²) in [7, 11) is 0. The van der Waals surface area contributed by atoms with Crippen molar-refractivity contribution in [2.24, 2.45) is 5.92 Å². The second kappa shape index (κ2) is 4.94. The first-order valence-corrected chi connectivity index (χ1v) is 7.26. The highest BCUT2D eigenvalue weighted by Crippen LogP contribution is 2.35. The first-order chi connectivity index (χ1) is 9.06. The number of hydrogen-bond donors (Lipinski definition) is 1. The van der Waals surface area contributed by atoms with Gasteiger partial charge in [0, 0.05) is 30.0 Å². The topological polar surface area (TPSA) is 29.1 Å². The number of fused-ring (bicyclic) bond motifs is 2. The summed E-state index contributed by atoms with van der Waals surface area (Å²) in [6, 6.07) is 3.12. The Balaban J connectivity index is 1.78. The van der Waals surface area contributed by atoms with E-state index >= 15 is 0 Å². The number of benzene rings is 1. The summed E-state index contributed by atoms with van der Waals surface area (Å²) in [4.78, 5) is 12.2. The molecule has 0 amide bonds. The number of carbonyl (C=O) groups is 1. The standard InChI is InChI=1S/C14H14BrF2NO/c15-10-2-3-11(16)8(14(10)17)6-13(19)9-5-7-1-4-12(9)18-7/h2-3,7,9,12,18H,1,4-6H2. The highest BCUT2D eigenvalue weighted by atomic mass is 79.9. The van der Waals surface area contributed by atoms with Crippen LogP contribution in [0, 0.1) is 17.6 Å². The molecule has 0 aliphatic carbocycles. The van der Waals surface area contributed by atoms with Crippen molar-refractivity contribution in [2.45, 2.75) is 37.8 Å². The van der Waals surface area contributed by atoms with Gasteiger partial charge in [-0.3, -0.25) is 4.79 Å². The zero-order valence-corrected chi connectivity index (χ0v) is 11.8. The number of rotatable bonds is 3. The molecule has 5 heteroatoms. The zero-order chi connectivity index (χ0) is 13.6. The van der Waals surface area contributed by atoms with Gasteiger partial charge in [0.1, 0.15) is 17.4 Å². The van der Waals surface area contributed by atoms with E-state index in [1.54, 1.807) is 0 Å². The molecular weight excluding hydrogens is 316 g/mol. The van der Waals surface area contributed by atoms with Crippen LogP contribution in [0.1, 0.15) is 24.8 Å². The maximum Gasteiger partial charge on any atom is 0.143 e. The largest absolute Gasteiger partial charge is 0.310 e. The van der Waals surface area contributed by atoms with Crippen LogP contribution in [0.2, 0.25) is 0 Å². The number of hydrogen-bond acceptors (Lipinski definition) is 2. The third-order valence-corrected chi connectivity index (χ3v) is 4.82. The molecule has 2 aliphatic heterocycles. The molecule has 0 radical (unpaired) electrons. The minimum absolute atomic E-state index is 0.0596. The van der Waals surface area contributed by atoms with Gasteiger partial charge in [-0.25, -0.2) is 8.78 Å². The van der Waals surface area contributed by atoms with E-state index in [-0.39, 0.29) is 34.2 Å². The first kappa shape index (κ1) is 13.2. The molecule has 0 saturated carbocycles. The number of nitrogens with one attached hydrogen (secondary N) is 1. The maximum atomic E-state index is 13.8. The highest BCUT2D eigenvalue weighted by Gasteiger charge is 2.42. The van der Waals surface area contributed by atoms with Crippen LogP contribution >= 0.6 is 15.9 Å². The van der Waals surface area contributed by atoms with Gasteiger partial charge in [-0.2, -0.15) is 0 Å². The second-order valence-corrected chi connectivity index (χ2v) is 6.21. The third-order valence-electron chi connectivity index (χ3n) is 4.20. The van der Waals surface area contributed by atoms with Gasteiger partial charge >= 0.3 is 0 Å². The van der Waals surface area contributed by atoms with Gasteiger partial charge in [-0.05, 0) is 47.3 Å². The lowest BCUT2D eigenvalue weighted by molar-refractivity contribution is -0.122. The molecule has 19 heavy (non-hydrogen) atoms. The van der Waals surface area contributed by atoms with Gasteiger partial charge in [0.15, 0.2) is 0 Å². The van der Waals surface area contributed by atoms with Crippen molar-refractivity contribution in [3.05, 3.63) is 33.8 Å². The molecule has 2 saturated heterocycles. The van der Waals surface area contributed by atoms with E-state index in [1.165, 1.54) is 12.1 Å². The highest BCUT2D eigenvalue weighted by molar-refractivity contribution is 9.10. The Hall–Kier alpha value is -0.810.